The molecule has 86 valence electrons. The molecule has 0 aromatic carbocycles. The van der Waals surface area contributed by atoms with E-state index in [1.165, 1.54) is 12.4 Å². The largest absolute Gasteiger partial charge is 0.450 e. The molecule has 2 aromatic heterocycles. The van der Waals surface area contributed by atoms with Crippen molar-refractivity contribution in [2.75, 3.05) is 0 Å². The fourth-order valence-corrected chi connectivity index (χ4v) is 1.27. The van der Waals surface area contributed by atoms with E-state index in [4.69, 9.17) is 15.6 Å². The van der Waals surface area contributed by atoms with Crippen molar-refractivity contribution in [3.63, 3.8) is 0 Å². The second kappa shape index (κ2) is 4.52. The van der Waals surface area contributed by atoms with Crippen LogP contribution < -0.4 is 10.3 Å². The molecule has 2 rings (SSSR count). The Labute approximate surface area is 95.5 Å². The normalized spacial score (nSPS) is 12.0. The number of H-pyrrole nitrogens is 1. The van der Waals surface area contributed by atoms with Gasteiger partial charge in [-0.3, -0.25) is 14.8 Å². The smallest absolute Gasteiger partial charge is 0.298 e. The van der Waals surface area contributed by atoms with Crippen LogP contribution in [0.25, 0.3) is 10.9 Å². The molecule has 17 heavy (non-hydrogen) atoms. The Bertz CT molecular complexity index is 613. The summed E-state index contributed by atoms with van der Waals surface area (Å²) in [5.74, 6) is 0. The third kappa shape index (κ3) is 2.17. The molecule has 7 heteroatoms. The van der Waals surface area contributed by atoms with Gasteiger partial charge in [0.2, 0.25) is 0 Å². The van der Waals surface area contributed by atoms with E-state index < -0.39 is 6.10 Å². The van der Waals surface area contributed by atoms with Crippen molar-refractivity contribution in [2.45, 2.75) is 6.10 Å². The molecular formula is C10H9N5O2. The van der Waals surface area contributed by atoms with Gasteiger partial charge in [-0.25, -0.2) is 0 Å². The van der Waals surface area contributed by atoms with Crippen LogP contribution in [0.15, 0.2) is 23.3 Å². The minimum absolute atomic E-state index is 0.0347. The maximum Gasteiger partial charge on any atom is 0.298 e. The van der Waals surface area contributed by atoms with Crippen LogP contribution in [-0.2, 0) is 0 Å². The second-order valence-electron chi connectivity index (χ2n) is 3.18. The summed E-state index contributed by atoms with van der Waals surface area (Å²) in [6.45, 7) is 0. The lowest BCUT2D eigenvalue weighted by molar-refractivity contribution is 0.308. The molecule has 0 saturated carbocycles. The van der Waals surface area contributed by atoms with Crippen LogP contribution >= 0.6 is 0 Å². The number of aromatic amines is 1. The Morgan fingerprint density at radius 1 is 1.41 bits per heavy atom. The zero-order valence-corrected chi connectivity index (χ0v) is 8.68. The number of nitrogens with one attached hydrogen (secondary N) is 3. The van der Waals surface area contributed by atoms with Gasteiger partial charge in [0.25, 0.3) is 11.6 Å². The van der Waals surface area contributed by atoms with Crippen LogP contribution in [-0.4, -0.2) is 33.5 Å². The number of nitrogens with zero attached hydrogens (tertiary/aromatic N) is 2. The summed E-state index contributed by atoms with van der Waals surface area (Å²) in [5.41, 5.74) is 0.0565. The Morgan fingerprint density at radius 3 is 2.88 bits per heavy atom. The number of rotatable bonds is 4. The highest BCUT2D eigenvalue weighted by atomic mass is 16.5. The van der Waals surface area contributed by atoms with Gasteiger partial charge in [-0.2, -0.15) is 4.98 Å². The fourth-order valence-electron chi connectivity index (χ4n) is 1.27. The van der Waals surface area contributed by atoms with Crippen LogP contribution in [0.4, 0.5) is 0 Å². The zero-order chi connectivity index (χ0) is 12.3. The highest BCUT2D eigenvalue weighted by Crippen LogP contribution is 2.08. The summed E-state index contributed by atoms with van der Waals surface area (Å²) in [6, 6.07) is 1.52. The summed E-state index contributed by atoms with van der Waals surface area (Å²) in [6.07, 6.45) is 3.96. The molecule has 0 aliphatic heterocycles. The number of pyridine rings is 1. The van der Waals surface area contributed by atoms with Gasteiger partial charge in [-0.05, 0) is 6.07 Å². The van der Waals surface area contributed by atoms with Gasteiger partial charge in [0.15, 0.2) is 6.10 Å². The lowest BCUT2D eigenvalue weighted by Crippen LogP contribution is -2.22. The number of aromatic nitrogens is 3. The number of hydrogen-bond donors (Lipinski definition) is 3. The summed E-state index contributed by atoms with van der Waals surface area (Å²) in [4.78, 5) is 21.9. The van der Waals surface area contributed by atoms with Crippen molar-refractivity contribution in [1.82, 2.24) is 15.0 Å². The van der Waals surface area contributed by atoms with Gasteiger partial charge < -0.3 is 15.6 Å². The molecule has 0 saturated heterocycles. The molecule has 0 atom stereocenters. The van der Waals surface area contributed by atoms with Crippen molar-refractivity contribution >= 4 is 23.3 Å². The average molecular weight is 231 g/mol. The summed E-state index contributed by atoms with van der Waals surface area (Å²) < 4.78 is 5.12. The standard InChI is InChI=1S/C10H9N5O2/c11-3-6(4-12)17-10-14-8-5-13-2-1-7(8)9(16)15-10/h1-6,11-12H,(H,14,15,16). The molecule has 0 fully saturated rings. The molecule has 7 nitrogen and oxygen atoms in total. The van der Waals surface area contributed by atoms with Crippen molar-refractivity contribution in [2.24, 2.45) is 0 Å². The Morgan fingerprint density at radius 2 is 2.18 bits per heavy atom. The molecule has 0 bridgehead atoms. The van der Waals surface area contributed by atoms with E-state index in [9.17, 15) is 4.79 Å². The molecule has 2 heterocycles. The van der Waals surface area contributed by atoms with Crippen molar-refractivity contribution < 1.29 is 4.74 Å². The molecule has 0 amide bonds. The van der Waals surface area contributed by atoms with E-state index in [2.05, 4.69) is 15.0 Å². The first-order valence-electron chi connectivity index (χ1n) is 4.76. The van der Waals surface area contributed by atoms with Crippen LogP contribution in [0.5, 0.6) is 6.01 Å². The number of hydrogen-bond acceptors (Lipinski definition) is 6. The van der Waals surface area contributed by atoms with Gasteiger partial charge in [-0.1, -0.05) is 0 Å². The van der Waals surface area contributed by atoms with Crippen LogP contribution in [0.3, 0.4) is 0 Å². The van der Waals surface area contributed by atoms with E-state index in [1.54, 1.807) is 6.07 Å². The first kappa shape index (κ1) is 10.9. The van der Waals surface area contributed by atoms with Gasteiger partial charge in [-0.15, -0.1) is 0 Å². The lowest BCUT2D eigenvalue weighted by Gasteiger charge is -2.08. The maximum absolute atomic E-state index is 11.6. The predicted molar refractivity (Wildman–Crippen MR) is 62.1 cm³/mol. The minimum Gasteiger partial charge on any atom is -0.450 e. The molecule has 0 spiro atoms. The average Bonchev–Trinajstić information content (AvgIpc) is 2.36. The van der Waals surface area contributed by atoms with Gasteiger partial charge in [0, 0.05) is 18.6 Å². The van der Waals surface area contributed by atoms with Gasteiger partial charge >= 0.3 is 0 Å². The SMILES string of the molecule is N=CC(C=N)Oc1nc2cnccc2c(=O)[nH]1. The fraction of sp³-hybridized carbons (Fsp3) is 0.100. The number of ether oxygens (including phenoxy) is 1. The monoisotopic (exact) mass is 231 g/mol. The van der Waals surface area contributed by atoms with E-state index in [-0.39, 0.29) is 11.6 Å². The lowest BCUT2D eigenvalue weighted by atomic mass is 10.3. The van der Waals surface area contributed by atoms with E-state index in [0.29, 0.717) is 10.9 Å². The number of fused-ring (bicyclic) bond motifs is 1. The van der Waals surface area contributed by atoms with Crippen molar-refractivity contribution in [1.29, 1.82) is 10.8 Å². The molecule has 0 radical (unpaired) electrons. The molecule has 2 aromatic rings. The predicted octanol–water partition coefficient (Wildman–Crippen LogP) is 0.365. The van der Waals surface area contributed by atoms with E-state index in [1.807, 2.05) is 0 Å². The summed E-state index contributed by atoms with van der Waals surface area (Å²) >= 11 is 0. The maximum atomic E-state index is 11.6. The second-order valence-corrected chi connectivity index (χ2v) is 3.18. The summed E-state index contributed by atoms with van der Waals surface area (Å²) in [5, 5.41) is 14.4. The molecule has 0 aliphatic rings. The highest BCUT2D eigenvalue weighted by Gasteiger charge is 2.08. The van der Waals surface area contributed by atoms with E-state index >= 15 is 0 Å². The Kier molecular flexibility index (Phi) is 2.91. The third-order valence-corrected chi connectivity index (χ3v) is 2.06. The first-order valence-corrected chi connectivity index (χ1v) is 4.76. The topological polar surface area (TPSA) is 116 Å². The van der Waals surface area contributed by atoms with Gasteiger partial charge in [0.05, 0.1) is 17.1 Å². The quantitative estimate of drug-likeness (QED) is 0.659. The molecule has 0 aliphatic carbocycles. The Balaban J connectivity index is 2.46. The highest BCUT2D eigenvalue weighted by molar-refractivity contribution is 5.84. The first-order chi connectivity index (χ1) is 8.24. The van der Waals surface area contributed by atoms with E-state index in [0.717, 1.165) is 12.4 Å². The van der Waals surface area contributed by atoms with Crippen molar-refractivity contribution in [3.05, 3.63) is 28.8 Å². The zero-order valence-electron chi connectivity index (χ0n) is 8.68. The third-order valence-electron chi connectivity index (χ3n) is 2.06. The van der Waals surface area contributed by atoms with Crippen LogP contribution in [0.2, 0.25) is 0 Å². The Hall–Kier alpha value is -2.57. The van der Waals surface area contributed by atoms with Crippen LogP contribution in [0.1, 0.15) is 0 Å². The summed E-state index contributed by atoms with van der Waals surface area (Å²) in [7, 11) is 0. The molecular weight excluding hydrogens is 222 g/mol. The minimum atomic E-state index is -0.840. The van der Waals surface area contributed by atoms with Crippen LogP contribution in [0, 0.1) is 10.8 Å². The van der Waals surface area contributed by atoms with Crippen molar-refractivity contribution in [3.8, 4) is 6.01 Å². The van der Waals surface area contributed by atoms with Gasteiger partial charge in [0.1, 0.15) is 0 Å². The molecule has 3 N–H and O–H groups in total. The molecule has 0 unspecified atom stereocenters.